The van der Waals surface area contributed by atoms with E-state index in [0.29, 0.717) is 22.7 Å². The molecule has 1 heterocycles. The van der Waals surface area contributed by atoms with Crippen molar-refractivity contribution in [1.29, 1.82) is 0 Å². The molecule has 1 amide bonds. The van der Waals surface area contributed by atoms with E-state index in [-0.39, 0.29) is 11.7 Å². The maximum absolute atomic E-state index is 13.3. The van der Waals surface area contributed by atoms with E-state index in [1.165, 1.54) is 11.8 Å². The van der Waals surface area contributed by atoms with Gasteiger partial charge in [-0.15, -0.1) is 0 Å². The van der Waals surface area contributed by atoms with Crippen LogP contribution in [0.25, 0.3) is 21.8 Å². The Balaban J connectivity index is 1.39. The second-order valence-corrected chi connectivity index (χ2v) is 7.88. The van der Waals surface area contributed by atoms with Crippen molar-refractivity contribution in [2.75, 3.05) is 19.9 Å². The van der Waals surface area contributed by atoms with E-state index in [1.807, 2.05) is 36.4 Å². The average molecular weight is 427 g/mol. The van der Waals surface area contributed by atoms with Crippen molar-refractivity contribution in [2.24, 2.45) is 0 Å². The number of aromatic amines is 1. The first-order valence-corrected chi connectivity index (χ1v) is 10.2. The average Bonchev–Trinajstić information content (AvgIpc) is 3.13. The van der Waals surface area contributed by atoms with E-state index in [0.717, 1.165) is 34.2 Å². The Hall–Kier alpha value is -3.13. The lowest BCUT2D eigenvalue weighted by Crippen LogP contribution is -2.27. The largest absolute Gasteiger partial charge is 0.497 e. The highest BCUT2D eigenvalue weighted by molar-refractivity contribution is 7.99. The zero-order chi connectivity index (χ0) is 21.3. The third kappa shape index (κ3) is 4.23. The van der Waals surface area contributed by atoms with E-state index in [2.05, 4.69) is 9.97 Å². The molecule has 0 spiro atoms. The number of ether oxygens (including phenoxy) is 1. The number of fused-ring (bicyclic) bond motifs is 2. The zero-order valence-corrected chi connectivity index (χ0v) is 17.2. The van der Waals surface area contributed by atoms with Gasteiger partial charge in [0.25, 0.3) is 0 Å². The molecular weight excluding hydrogens is 408 g/mol. The summed E-state index contributed by atoms with van der Waals surface area (Å²) in [6, 6.07) is 14.0. The second-order valence-electron chi connectivity index (χ2n) is 6.91. The number of nitrogens with one attached hydrogen (secondary N) is 1. The highest BCUT2D eigenvalue weighted by Crippen LogP contribution is 2.24. The molecule has 3 aromatic carbocycles. The molecule has 0 aliphatic carbocycles. The molecule has 30 heavy (non-hydrogen) atoms. The normalized spacial score (nSPS) is 11.2. The maximum Gasteiger partial charge on any atom is 0.233 e. The number of hydrogen-bond donors (Lipinski definition) is 1. The minimum atomic E-state index is -0.949. The number of amides is 1. The third-order valence-corrected chi connectivity index (χ3v) is 5.65. The quantitative estimate of drug-likeness (QED) is 0.451. The summed E-state index contributed by atoms with van der Waals surface area (Å²) in [7, 11) is 3.38. The van der Waals surface area contributed by atoms with Gasteiger partial charge in [0.15, 0.2) is 16.8 Å². The van der Waals surface area contributed by atoms with E-state index in [9.17, 15) is 13.6 Å². The monoisotopic (exact) mass is 427 g/mol. The van der Waals surface area contributed by atoms with Gasteiger partial charge in [0.2, 0.25) is 5.91 Å². The number of carbonyl (C=O) groups is 1. The van der Waals surface area contributed by atoms with Crippen LogP contribution < -0.4 is 4.74 Å². The molecule has 1 N–H and O–H groups in total. The van der Waals surface area contributed by atoms with Crippen molar-refractivity contribution < 1.29 is 18.3 Å². The number of rotatable bonds is 6. The number of halogens is 2. The van der Waals surface area contributed by atoms with Crippen LogP contribution >= 0.6 is 11.8 Å². The molecule has 0 unspecified atom stereocenters. The lowest BCUT2D eigenvalue weighted by Gasteiger charge is -2.17. The molecule has 0 fully saturated rings. The minimum Gasteiger partial charge on any atom is -0.497 e. The first-order valence-electron chi connectivity index (χ1n) is 9.21. The number of nitrogens with zero attached hydrogens (tertiary/aromatic N) is 2. The van der Waals surface area contributed by atoms with Crippen molar-refractivity contribution in [1.82, 2.24) is 14.9 Å². The first-order chi connectivity index (χ1) is 14.4. The molecule has 5 nitrogen and oxygen atoms in total. The standard InChI is InChI=1S/C22H19F2N3O2S/c1-27(11-13-3-4-15-8-16(29-2)6-5-14(15)7-13)21(28)12-30-22-25-19-9-17(23)18(24)10-20(19)26-22/h3-10H,11-12H2,1-2H3,(H,25,26). The molecule has 1 aromatic heterocycles. The molecule has 4 aromatic rings. The molecule has 4 rings (SSSR count). The van der Waals surface area contributed by atoms with Gasteiger partial charge in [0.05, 0.1) is 23.9 Å². The summed E-state index contributed by atoms with van der Waals surface area (Å²) in [5, 5.41) is 2.59. The van der Waals surface area contributed by atoms with Crippen LogP contribution in [0.2, 0.25) is 0 Å². The molecule has 8 heteroatoms. The lowest BCUT2D eigenvalue weighted by atomic mass is 10.1. The Morgan fingerprint density at radius 1 is 1.10 bits per heavy atom. The Morgan fingerprint density at radius 3 is 2.63 bits per heavy atom. The SMILES string of the molecule is COc1ccc2cc(CN(C)C(=O)CSc3nc4cc(F)c(F)cc4[nH]3)ccc2c1. The van der Waals surface area contributed by atoms with Gasteiger partial charge < -0.3 is 14.6 Å². The molecule has 154 valence electrons. The van der Waals surface area contributed by atoms with Gasteiger partial charge in [-0.05, 0) is 34.5 Å². The summed E-state index contributed by atoms with van der Waals surface area (Å²) < 4.78 is 31.9. The van der Waals surface area contributed by atoms with Gasteiger partial charge in [0, 0.05) is 25.7 Å². The molecular formula is C22H19F2N3O2S. The van der Waals surface area contributed by atoms with E-state index < -0.39 is 11.6 Å². The Labute approximate surface area is 176 Å². The number of benzene rings is 3. The van der Waals surface area contributed by atoms with Crippen LogP contribution in [-0.2, 0) is 11.3 Å². The molecule has 0 radical (unpaired) electrons. The van der Waals surface area contributed by atoms with E-state index in [4.69, 9.17) is 4.74 Å². The fourth-order valence-electron chi connectivity index (χ4n) is 3.15. The van der Waals surface area contributed by atoms with Crippen LogP contribution in [0, 0.1) is 11.6 Å². The zero-order valence-electron chi connectivity index (χ0n) is 16.4. The van der Waals surface area contributed by atoms with Crippen molar-refractivity contribution >= 4 is 39.5 Å². The van der Waals surface area contributed by atoms with E-state index >= 15 is 0 Å². The summed E-state index contributed by atoms with van der Waals surface area (Å²) in [5.41, 5.74) is 1.73. The van der Waals surface area contributed by atoms with Crippen LogP contribution in [0.3, 0.4) is 0 Å². The third-order valence-electron chi connectivity index (χ3n) is 4.79. The molecule has 0 aliphatic rings. The summed E-state index contributed by atoms with van der Waals surface area (Å²) in [5.74, 6) is -1.00. The number of hydrogen-bond acceptors (Lipinski definition) is 4. The number of imidazole rings is 1. The highest BCUT2D eigenvalue weighted by atomic mass is 32.2. The summed E-state index contributed by atoms with van der Waals surface area (Å²) in [6.07, 6.45) is 0. The number of aromatic nitrogens is 2. The van der Waals surface area contributed by atoms with Gasteiger partial charge >= 0.3 is 0 Å². The van der Waals surface area contributed by atoms with Crippen LogP contribution in [-0.4, -0.2) is 40.7 Å². The second kappa shape index (κ2) is 8.31. The fourth-order valence-corrected chi connectivity index (χ4v) is 3.98. The number of thioether (sulfide) groups is 1. The summed E-state index contributed by atoms with van der Waals surface area (Å²) >= 11 is 1.19. The molecule has 0 atom stereocenters. The molecule has 0 bridgehead atoms. The predicted octanol–water partition coefficient (Wildman–Crippen LogP) is 4.75. The first kappa shape index (κ1) is 20.2. The van der Waals surface area contributed by atoms with Crippen LogP contribution in [0.1, 0.15) is 5.56 Å². The smallest absolute Gasteiger partial charge is 0.233 e. The predicted molar refractivity (Wildman–Crippen MR) is 114 cm³/mol. The highest BCUT2D eigenvalue weighted by Gasteiger charge is 2.13. The van der Waals surface area contributed by atoms with Crippen LogP contribution in [0.5, 0.6) is 5.75 Å². The fraction of sp³-hybridized carbons (Fsp3) is 0.182. The van der Waals surface area contributed by atoms with Gasteiger partial charge in [-0.25, -0.2) is 13.8 Å². The van der Waals surface area contributed by atoms with Crippen LogP contribution in [0.4, 0.5) is 8.78 Å². The summed E-state index contributed by atoms with van der Waals surface area (Å²) in [4.78, 5) is 21.3. The minimum absolute atomic E-state index is 0.0763. The van der Waals surface area contributed by atoms with Gasteiger partial charge in [0.1, 0.15) is 5.75 Å². The van der Waals surface area contributed by atoms with Crippen LogP contribution in [0.15, 0.2) is 53.7 Å². The number of methoxy groups -OCH3 is 1. The maximum atomic E-state index is 13.3. The molecule has 0 saturated heterocycles. The number of H-pyrrole nitrogens is 1. The molecule has 0 aliphatic heterocycles. The van der Waals surface area contributed by atoms with E-state index in [1.54, 1.807) is 19.1 Å². The Kier molecular flexibility index (Phi) is 5.59. The Bertz CT molecular complexity index is 1200. The lowest BCUT2D eigenvalue weighted by molar-refractivity contribution is -0.127. The topological polar surface area (TPSA) is 58.2 Å². The van der Waals surface area contributed by atoms with Crippen molar-refractivity contribution in [3.05, 3.63) is 65.7 Å². The number of carbonyl (C=O) groups excluding carboxylic acids is 1. The van der Waals surface area contributed by atoms with Gasteiger partial charge in [-0.2, -0.15) is 0 Å². The van der Waals surface area contributed by atoms with Gasteiger partial charge in [-0.1, -0.05) is 30.0 Å². The van der Waals surface area contributed by atoms with Crippen molar-refractivity contribution in [2.45, 2.75) is 11.7 Å². The van der Waals surface area contributed by atoms with Crippen molar-refractivity contribution in [3.8, 4) is 5.75 Å². The van der Waals surface area contributed by atoms with Gasteiger partial charge in [-0.3, -0.25) is 4.79 Å². The molecule has 0 saturated carbocycles. The van der Waals surface area contributed by atoms with Crippen molar-refractivity contribution in [3.63, 3.8) is 0 Å². The summed E-state index contributed by atoms with van der Waals surface area (Å²) in [6.45, 7) is 0.470. The Morgan fingerprint density at radius 2 is 1.83 bits per heavy atom.